The molecule has 0 bridgehead atoms. The van der Waals surface area contributed by atoms with Gasteiger partial charge in [0.15, 0.2) is 0 Å². The van der Waals surface area contributed by atoms with Crippen molar-refractivity contribution in [1.29, 1.82) is 0 Å². The Morgan fingerprint density at radius 3 is 2.45 bits per heavy atom. The second kappa shape index (κ2) is 10.7. The lowest BCUT2D eigenvalue weighted by Gasteiger charge is -2.09. The average Bonchev–Trinajstić information content (AvgIpc) is 2.74. The van der Waals surface area contributed by atoms with E-state index in [1.807, 2.05) is 66.7 Å². The maximum Gasteiger partial charge on any atom is 0.224 e. The van der Waals surface area contributed by atoms with Crippen LogP contribution in [-0.2, 0) is 11.2 Å². The number of carbonyl (C=O) groups excluding carboxylic acids is 1. The van der Waals surface area contributed by atoms with Gasteiger partial charge in [0, 0.05) is 18.2 Å². The van der Waals surface area contributed by atoms with Gasteiger partial charge in [-0.05, 0) is 54.7 Å². The number of amides is 1. The molecule has 3 rings (SSSR count). The highest BCUT2D eigenvalue weighted by Gasteiger charge is 2.05. The number of carbonyl (C=O) groups is 1. The molecular formula is C24H25N3O2. The molecule has 0 aliphatic rings. The molecule has 0 heterocycles. The van der Waals surface area contributed by atoms with Gasteiger partial charge in [-0.2, -0.15) is 5.10 Å². The van der Waals surface area contributed by atoms with Crippen LogP contribution in [0.3, 0.4) is 0 Å². The molecule has 148 valence electrons. The van der Waals surface area contributed by atoms with Gasteiger partial charge in [-0.15, -0.1) is 0 Å². The SMILES string of the molecule is N/N=C/c1ccc(CCCCC(=O)Nc2cccc(Oc3ccccc3)c2)cc1. The number of para-hydroxylation sites is 1. The standard InChI is InChI=1S/C24H25N3O2/c25-26-18-20-15-13-19(14-16-20)7-4-5-12-24(28)27-21-8-6-11-23(17-21)29-22-9-2-1-3-10-22/h1-3,6,8-11,13-18H,4-5,7,12,25H2,(H,27,28)/b26-18+. The largest absolute Gasteiger partial charge is 0.457 e. The Balaban J connectivity index is 1.42. The van der Waals surface area contributed by atoms with Crippen LogP contribution in [0.2, 0.25) is 0 Å². The predicted molar refractivity (Wildman–Crippen MR) is 117 cm³/mol. The summed E-state index contributed by atoms with van der Waals surface area (Å²) in [4.78, 5) is 12.2. The maximum absolute atomic E-state index is 12.2. The fourth-order valence-electron chi connectivity index (χ4n) is 2.96. The predicted octanol–water partition coefficient (Wildman–Crippen LogP) is 5.12. The monoisotopic (exact) mass is 387 g/mol. The van der Waals surface area contributed by atoms with Crippen LogP contribution in [0.25, 0.3) is 0 Å². The first-order valence-corrected chi connectivity index (χ1v) is 9.68. The average molecular weight is 387 g/mol. The lowest BCUT2D eigenvalue weighted by molar-refractivity contribution is -0.116. The summed E-state index contributed by atoms with van der Waals surface area (Å²) in [7, 11) is 0. The minimum Gasteiger partial charge on any atom is -0.457 e. The van der Waals surface area contributed by atoms with E-state index in [9.17, 15) is 4.79 Å². The van der Waals surface area contributed by atoms with Gasteiger partial charge in [0.2, 0.25) is 5.91 Å². The molecule has 0 aromatic heterocycles. The van der Waals surface area contributed by atoms with E-state index in [0.29, 0.717) is 12.2 Å². The van der Waals surface area contributed by atoms with Crippen molar-refractivity contribution in [3.63, 3.8) is 0 Å². The first-order chi connectivity index (χ1) is 14.2. The summed E-state index contributed by atoms with van der Waals surface area (Å²) in [5.74, 6) is 6.61. The van der Waals surface area contributed by atoms with Crippen molar-refractivity contribution in [2.45, 2.75) is 25.7 Å². The third-order valence-corrected chi connectivity index (χ3v) is 4.42. The number of rotatable bonds is 9. The van der Waals surface area contributed by atoms with E-state index in [4.69, 9.17) is 10.6 Å². The molecule has 0 atom stereocenters. The van der Waals surface area contributed by atoms with Gasteiger partial charge in [-0.25, -0.2) is 0 Å². The molecule has 3 aromatic rings. The van der Waals surface area contributed by atoms with Gasteiger partial charge >= 0.3 is 0 Å². The summed E-state index contributed by atoms with van der Waals surface area (Å²) in [6.45, 7) is 0. The smallest absolute Gasteiger partial charge is 0.224 e. The van der Waals surface area contributed by atoms with E-state index in [0.717, 1.165) is 36.3 Å². The lowest BCUT2D eigenvalue weighted by Crippen LogP contribution is -2.11. The summed E-state index contributed by atoms with van der Waals surface area (Å²) >= 11 is 0. The summed E-state index contributed by atoms with van der Waals surface area (Å²) < 4.78 is 5.81. The number of nitrogens with two attached hydrogens (primary N) is 1. The Morgan fingerprint density at radius 1 is 0.931 bits per heavy atom. The third kappa shape index (κ3) is 6.81. The fourth-order valence-corrected chi connectivity index (χ4v) is 2.96. The Labute approximate surface area is 171 Å². The van der Waals surface area contributed by atoms with E-state index in [1.54, 1.807) is 6.21 Å². The van der Waals surface area contributed by atoms with Gasteiger partial charge in [0.05, 0.1) is 6.21 Å². The molecule has 0 fully saturated rings. The number of ether oxygens (including phenoxy) is 1. The molecule has 0 spiro atoms. The van der Waals surface area contributed by atoms with Gasteiger partial charge in [0.1, 0.15) is 11.5 Å². The molecule has 3 aromatic carbocycles. The van der Waals surface area contributed by atoms with Gasteiger partial charge in [-0.1, -0.05) is 48.5 Å². The first-order valence-electron chi connectivity index (χ1n) is 9.68. The van der Waals surface area contributed by atoms with Crippen LogP contribution < -0.4 is 15.9 Å². The summed E-state index contributed by atoms with van der Waals surface area (Å²) in [6, 6.07) is 25.1. The molecule has 3 N–H and O–H groups in total. The lowest BCUT2D eigenvalue weighted by atomic mass is 10.1. The number of hydrogen-bond donors (Lipinski definition) is 2. The Kier molecular flexibility index (Phi) is 7.41. The molecule has 0 aliphatic heterocycles. The van der Waals surface area contributed by atoms with Crippen LogP contribution >= 0.6 is 0 Å². The molecular weight excluding hydrogens is 362 g/mol. The van der Waals surface area contributed by atoms with Crippen LogP contribution in [0.1, 0.15) is 30.4 Å². The van der Waals surface area contributed by atoms with Crippen LogP contribution in [0, 0.1) is 0 Å². The fraction of sp³-hybridized carbons (Fsp3) is 0.167. The number of nitrogens with zero attached hydrogens (tertiary/aromatic N) is 1. The number of unbranched alkanes of at least 4 members (excludes halogenated alkanes) is 1. The molecule has 1 amide bonds. The van der Waals surface area contributed by atoms with E-state index in [-0.39, 0.29) is 5.91 Å². The van der Waals surface area contributed by atoms with Crippen molar-refractivity contribution in [3.8, 4) is 11.5 Å². The molecule has 0 radical (unpaired) electrons. The summed E-state index contributed by atoms with van der Waals surface area (Å²) in [5, 5.41) is 6.46. The van der Waals surface area contributed by atoms with E-state index in [2.05, 4.69) is 22.6 Å². The molecule has 5 heteroatoms. The van der Waals surface area contributed by atoms with E-state index < -0.39 is 0 Å². The highest BCUT2D eigenvalue weighted by atomic mass is 16.5. The number of aryl methyl sites for hydroxylation is 1. The van der Waals surface area contributed by atoms with Gasteiger partial charge in [0.25, 0.3) is 0 Å². The summed E-state index contributed by atoms with van der Waals surface area (Å²) in [5.41, 5.74) is 2.96. The highest BCUT2D eigenvalue weighted by molar-refractivity contribution is 5.90. The second-order valence-corrected chi connectivity index (χ2v) is 6.72. The number of anilines is 1. The number of hydrazone groups is 1. The highest BCUT2D eigenvalue weighted by Crippen LogP contribution is 2.24. The van der Waals surface area contributed by atoms with Crippen molar-refractivity contribution >= 4 is 17.8 Å². The number of hydrogen-bond acceptors (Lipinski definition) is 4. The van der Waals surface area contributed by atoms with Crippen molar-refractivity contribution in [2.75, 3.05) is 5.32 Å². The summed E-state index contributed by atoms with van der Waals surface area (Å²) in [6.07, 6.45) is 4.83. The zero-order valence-electron chi connectivity index (χ0n) is 16.3. The second-order valence-electron chi connectivity index (χ2n) is 6.72. The van der Waals surface area contributed by atoms with E-state index in [1.165, 1.54) is 5.56 Å². The van der Waals surface area contributed by atoms with Gasteiger partial charge in [-0.3, -0.25) is 4.79 Å². The Bertz CT molecular complexity index is 938. The molecule has 0 saturated carbocycles. The van der Waals surface area contributed by atoms with Crippen LogP contribution in [0.15, 0.2) is 84.0 Å². The topological polar surface area (TPSA) is 76.7 Å². The number of nitrogens with one attached hydrogen (secondary N) is 1. The molecule has 5 nitrogen and oxygen atoms in total. The van der Waals surface area contributed by atoms with Crippen LogP contribution in [0.4, 0.5) is 5.69 Å². The van der Waals surface area contributed by atoms with Crippen molar-refractivity contribution < 1.29 is 9.53 Å². The zero-order chi connectivity index (χ0) is 20.3. The normalized spacial score (nSPS) is 10.8. The third-order valence-electron chi connectivity index (χ3n) is 4.42. The minimum atomic E-state index is 0.0105. The zero-order valence-corrected chi connectivity index (χ0v) is 16.3. The van der Waals surface area contributed by atoms with Crippen molar-refractivity contribution in [1.82, 2.24) is 0 Å². The Hall–Kier alpha value is -3.60. The Morgan fingerprint density at radius 2 is 1.69 bits per heavy atom. The van der Waals surface area contributed by atoms with Crippen LogP contribution in [0.5, 0.6) is 11.5 Å². The molecule has 0 saturated heterocycles. The maximum atomic E-state index is 12.2. The number of benzene rings is 3. The quantitative estimate of drug-likeness (QED) is 0.231. The molecule has 0 unspecified atom stereocenters. The van der Waals surface area contributed by atoms with E-state index >= 15 is 0 Å². The van der Waals surface area contributed by atoms with Crippen molar-refractivity contribution in [3.05, 3.63) is 90.0 Å². The minimum absolute atomic E-state index is 0.0105. The first kappa shape index (κ1) is 20.1. The molecule has 0 aliphatic carbocycles. The van der Waals surface area contributed by atoms with Crippen LogP contribution in [-0.4, -0.2) is 12.1 Å². The van der Waals surface area contributed by atoms with Crippen molar-refractivity contribution in [2.24, 2.45) is 10.9 Å². The van der Waals surface area contributed by atoms with Gasteiger partial charge < -0.3 is 15.9 Å². The molecule has 29 heavy (non-hydrogen) atoms.